The number of esters is 1. The highest BCUT2D eigenvalue weighted by Gasteiger charge is 2.09. The lowest BCUT2D eigenvalue weighted by atomic mass is 10.4. The van der Waals surface area contributed by atoms with Gasteiger partial charge in [0.25, 0.3) is 5.56 Å². The lowest BCUT2D eigenvalue weighted by molar-refractivity contribution is 0.0607. The van der Waals surface area contributed by atoms with Crippen LogP contribution in [0.2, 0.25) is 0 Å². The van der Waals surface area contributed by atoms with Gasteiger partial charge in [-0.3, -0.25) is 9.78 Å². The smallest absolute Gasteiger partial charge is 0.350 e. The number of methoxy groups -OCH3 is 1. The monoisotopic (exact) mass is 325 g/mol. The normalized spacial score (nSPS) is 9.95. The van der Waals surface area contributed by atoms with Crippen LogP contribution in [-0.4, -0.2) is 23.0 Å². The SMILES string of the molecule is COC(=O)c1sccc1N.O=c1[nH]c(=O)c2sccc2[nH]1. The van der Waals surface area contributed by atoms with Crippen LogP contribution in [0.3, 0.4) is 0 Å². The molecular formula is C12H11N3O4S2. The molecule has 0 fully saturated rings. The number of hydrogen-bond acceptors (Lipinski definition) is 7. The molecular weight excluding hydrogens is 314 g/mol. The molecule has 3 aromatic heterocycles. The summed E-state index contributed by atoms with van der Waals surface area (Å²) in [4.78, 5) is 37.6. The topological polar surface area (TPSA) is 118 Å². The summed E-state index contributed by atoms with van der Waals surface area (Å²) in [5.74, 6) is -0.368. The van der Waals surface area contributed by atoms with Crippen molar-refractivity contribution in [1.82, 2.24) is 9.97 Å². The van der Waals surface area contributed by atoms with E-state index in [2.05, 4.69) is 14.7 Å². The molecule has 0 atom stereocenters. The lowest BCUT2D eigenvalue weighted by Crippen LogP contribution is -2.20. The maximum absolute atomic E-state index is 11.0. The second-order valence-electron chi connectivity index (χ2n) is 3.77. The van der Waals surface area contributed by atoms with Gasteiger partial charge in [0.2, 0.25) is 0 Å². The number of thiophene rings is 2. The Bertz CT molecular complexity index is 874. The molecule has 0 aliphatic carbocycles. The maximum Gasteiger partial charge on any atom is 0.350 e. The molecule has 9 heteroatoms. The fourth-order valence-corrected chi connectivity index (χ4v) is 2.95. The quantitative estimate of drug-likeness (QED) is 0.584. The van der Waals surface area contributed by atoms with Crippen molar-refractivity contribution >= 4 is 44.5 Å². The van der Waals surface area contributed by atoms with E-state index >= 15 is 0 Å². The Balaban J connectivity index is 0.000000155. The highest BCUT2D eigenvalue weighted by atomic mass is 32.1. The molecule has 0 unspecified atom stereocenters. The van der Waals surface area contributed by atoms with E-state index in [1.54, 1.807) is 22.9 Å². The summed E-state index contributed by atoms with van der Waals surface area (Å²) >= 11 is 2.59. The Morgan fingerprint density at radius 1 is 1.19 bits per heavy atom. The lowest BCUT2D eigenvalue weighted by Gasteiger charge is -1.94. The van der Waals surface area contributed by atoms with Crippen LogP contribution in [0.15, 0.2) is 32.5 Å². The van der Waals surface area contributed by atoms with Gasteiger partial charge in [0.1, 0.15) is 9.58 Å². The van der Waals surface area contributed by atoms with E-state index in [0.717, 1.165) is 0 Å². The van der Waals surface area contributed by atoms with Crippen molar-refractivity contribution in [2.75, 3.05) is 12.8 Å². The molecule has 0 bridgehead atoms. The third-order valence-electron chi connectivity index (χ3n) is 2.41. The van der Waals surface area contributed by atoms with Crippen LogP contribution >= 0.6 is 22.7 Å². The Morgan fingerprint density at radius 3 is 2.52 bits per heavy atom. The van der Waals surface area contributed by atoms with Gasteiger partial charge in [0, 0.05) is 0 Å². The molecule has 0 radical (unpaired) electrons. The Hall–Kier alpha value is -2.39. The summed E-state index contributed by atoms with van der Waals surface area (Å²) in [5.41, 5.74) is 5.73. The van der Waals surface area contributed by atoms with Gasteiger partial charge in [-0.05, 0) is 22.9 Å². The molecule has 0 amide bonds. The van der Waals surface area contributed by atoms with Gasteiger partial charge in [0.15, 0.2) is 0 Å². The number of H-pyrrole nitrogens is 2. The second-order valence-corrected chi connectivity index (χ2v) is 5.60. The number of carbonyl (C=O) groups excluding carboxylic acids is 1. The van der Waals surface area contributed by atoms with Gasteiger partial charge in [-0.15, -0.1) is 22.7 Å². The van der Waals surface area contributed by atoms with Gasteiger partial charge in [-0.2, -0.15) is 0 Å². The van der Waals surface area contributed by atoms with E-state index in [-0.39, 0.29) is 11.5 Å². The summed E-state index contributed by atoms with van der Waals surface area (Å²) in [6.45, 7) is 0. The van der Waals surface area contributed by atoms with Crippen molar-refractivity contribution < 1.29 is 9.53 Å². The molecule has 0 saturated carbocycles. The number of nitrogen functional groups attached to an aromatic ring is 1. The number of ether oxygens (including phenoxy) is 1. The summed E-state index contributed by atoms with van der Waals surface area (Å²) in [5, 5.41) is 3.51. The van der Waals surface area contributed by atoms with Crippen molar-refractivity contribution in [2.24, 2.45) is 0 Å². The molecule has 3 heterocycles. The third-order valence-corrected chi connectivity index (χ3v) is 4.24. The number of hydrogen-bond donors (Lipinski definition) is 3. The van der Waals surface area contributed by atoms with E-state index in [1.807, 2.05) is 0 Å². The molecule has 0 aliphatic heterocycles. The molecule has 3 aromatic rings. The number of anilines is 1. The zero-order chi connectivity index (χ0) is 15.4. The van der Waals surface area contributed by atoms with Crippen molar-refractivity contribution in [3.05, 3.63) is 48.6 Å². The Morgan fingerprint density at radius 2 is 1.90 bits per heavy atom. The number of nitrogens with one attached hydrogen (secondary N) is 2. The first-order valence-corrected chi connectivity index (χ1v) is 7.40. The van der Waals surface area contributed by atoms with E-state index in [0.29, 0.717) is 20.8 Å². The first-order valence-electron chi connectivity index (χ1n) is 5.64. The van der Waals surface area contributed by atoms with Crippen LogP contribution < -0.4 is 17.0 Å². The summed E-state index contributed by atoms with van der Waals surface area (Å²) < 4.78 is 5.03. The standard InChI is InChI=1S/C6H4N2O2S.C6H7NO2S/c9-5-4-3(1-2-11-4)7-6(10)8-5;1-9-6(8)5-4(7)2-3-10-5/h1-2H,(H2,7,8,9,10);2-3H,7H2,1H3. The molecule has 0 aliphatic rings. The van der Waals surface area contributed by atoms with E-state index in [1.165, 1.54) is 29.8 Å². The summed E-state index contributed by atoms with van der Waals surface area (Å²) in [6, 6.07) is 3.38. The van der Waals surface area contributed by atoms with Crippen LogP contribution in [-0.2, 0) is 4.74 Å². The minimum absolute atomic E-state index is 0.321. The molecule has 0 saturated heterocycles. The number of rotatable bonds is 1. The zero-order valence-corrected chi connectivity index (χ0v) is 12.5. The zero-order valence-electron chi connectivity index (χ0n) is 10.8. The maximum atomic E-state index is 11.0. The van der Waals surface area contributed by atoms with Crippen molar-refractivity contribution in [3.63, 3.8) is 0 Å². The van der Waals surface area contributed by atoms with Crippen LogP contribution in [0.25, 0.3) is 10.2 Å². The molecule has 21 heavy (non-hydrogen) atoms. The number of fused-ring (bicyclic) bond motifs is 1. The van der Waals surface area contributed by atoms with Gasteiger partial charge < -0.3 is 15.5 Å². The van der Waals surface area contributed by atoms with Gasteiger partial charge in [0.05, 0.1) is 18.3 Å². The molecule has 4 N–H and O–H groups in total. The largest absolute Gasteiger partial charge is 0.465 e. The first-order chi connectivity index (χ1) is 10.0. The van der Waals surface area contributed by atoms with Crippen molar-refractivity contribution in [3.8, 4) is 0 Å². The summed E-state index contributed by atoms with van der Waals surface area (Å²) in [7, 11) is 1.33. The van der Waals surface area contributed by atoms with Crippen molar-refractivity contribution in [2.45, 2.75) is 0 Å². The number of carbonyl (C=O) groups is 1. The third kappa shape index (κ3) is 3.38. The Labute approximate surface area is 126 Å². The molecule has 110 valence electrons. The van der Waals surface area contributed by atoms with Crippen molar-refractivity contribution in [1.29, 1.82) is 0 Å². The highest BCUT2D eigenvalue weighted by Crippen LogP contribution is 2.18. The second kappa shape index (κ2) is 6.37. The van der Waals surface area contributed by atoms with Crippen LogP contribution in [0.1, 0.15) is 9.67 Å². The predicted octanol–water partition coefficient (Wildman–Crippen LogP) is 1.39. The minimum atomic E-state index is -0.457. The molecule has 0 aromatic carbocycles. The van der Waals surface area contributed by atoms with Gasteiger partial charge in [-0.1, -0.05) is 0 Å². The number of nitrogens with two attached hydrogens (primary N) is 1. The van der Waals surface area contributed by atoms with Gasteiger partial charge in [-0.25, -0.2) is 9.59 Å². The van der Waals surface area contributed by atoms with E-state index in [9.17, 15) is 14.4 Å². The highest BCUT2D eigenvalue weighted by molar-refractivity contribution is 7.17. The summed E-state index contributed by atoms with van der Waals surface area (Å²) in [6.07, 6.45) is 0. The van der Waals surface area contributed by atoms with Gasteiger partial charge >= 0.3 is 11.7 Å². The van der Waals surface area contributed by atoms with Crippen LogP contribution in [0.5, 0.6) is 0 Å². The minimum Gasteiger partial charge on any atom is -0.465 e. The number of aromatic amines is 2. The van der Waals surface area contributed by atoms with Crippen LogP contribution in [0.4, 0.5) is 5.69 Å². The van der Waals surface area contributed by atoms with Crippen LogP contribution in [0, 0.1) is 0 Å². The fraction of sp³-hybridized carbons (Fsp3) is 0.0833. The van der Waals surface area contributed by atoms with E-state index < -0.39 is 5.69 Å². The predicted molar refractivity (Wildman–Crippen MR) is 83.1 cm³/mol. The molecule has 3 rings (SSSR count). The molecule has 0 spiro atoms. The average molecular weight is 325 g/mol. The molecule has 7 nitrogen and oxygen atoms in total. The fourth-order valence-electron chi connectivity index (χ4n) is 1.47. The first kappa shape index (κ1) is 15.0. The van der Waals surface area contributed by atoms with E-state index in [4.69, 9.17) is 5.73 Å². The number of aromatic nitrogens is 2. The average Bonchev–Trinajstić information content (AvgIpc) is 3.07. The Kier molecular flexibility index (Phi) is 4.55.